The first kappa shape index (κ1) is 8.51. The Morgan fingerprint density at radius 1 is 1.58 bits per heavy atom. The maximum Gasteiger partial charge on any atom is 0.350 e. The smallest absolute Gasteiger partial charge is 0.350 e. The summed E-state index contributed by atoms with van der Waals surface area (Å²) in [6, 6.07) is 0. The van der Waals surface area contributed by atoms with Crippen molar-refractivity contribution in [2.24, 2.45) is 0 Å². The number of aromatic nitrogens is 3. The Bertz CT molecular complexity index is 307. The van der Waals surface area contributed by atoms with Gasteiger partial charge in [0.2, 0.25) is 11.9 Å². The van der Waals surface area contributed by atoms with E-state index >= 15 is 0 Å². The molecule has 0 aliphatic rings. The molecule has 1 rings (SSSR count). The van der Waals surface area contributed by atoms with Crippen molar-refractivity contribution in [2.75, 3.05) is 17.6 Å². The third-order valence-electron chi connectivity index (χ3n) is 1.20. The third kappa shape index (κ3) is 2.22. The Labute approximate surface area is 69.2 Å². The van der Waals surface area contributed by atoms with Gasteiger partial charge in [0.15, 0.2) is 0 Å². The minimum absolute atomic E-state index is 0.0774. The van der Waals surface area contributed by atoms with E-state index in [0.717, 1.165) is 13.0 Å². The van der Waals surface area contributed by atoms with Gasteiger partial charge in [-0.15, -0.1) is 0 Å². The highest BCUT2D eigenvalue weighted by atomic mass is 16.1. The molecule has 0 bridgehead atoms. The van der Waals surface area contributed by atoms with Crippen LogP contribution in [0.4, 0.5) is 11.9 Å². The number of nitrogen functional groups attached to an aromatic ring is 1. The third-order valence-corrected chi connectivity index (χ3v) is 1.20. The van der Waals surface area contributed by atoms with Gasteiger partial charge in [-0.3, -0.25) is 4.98 Å². The van der Waals surface area contributed by atoms with Gasteiger partial charge < -0.3 is 11.1 Å². The van der Waals surface area contributed by atoms with E-state index in [1.54, 1.807) is 0 Å². The van der Waals surface area contributed by atoms with E-state index in [2.05, 4.69) is 20.3 Å². The maximum atomic E-state index is 10.7. The molecule has 0 saturated heterocycles. The number of aromatic amines is 1. The number of nitrogens with one attached hydrogen (secondary N) is 2. The fourth-order valence-electron chi connectivity index (χ4n) is 0.717. The van der Waals surface area contributed by atoms with E-state index in [4.69, 9.17) is 5.73 Å². The molecule has 0 amide bonds. The molecular formula is C6H11N5O. The van der Waals surface area contributed by atoms with Crippen molar-refractivity contribution in [3.8, 4) is 0 Å². The molecule has 1 heterocycles. The van der Waals surface area contributed by atoms with Crippen LogP contribution in [0.15, 0.2) is 4.79 Å². The zero-order valence-electron chi connectivity index (χ0n) is 6.79. The lowest BCUT2D eigenvalue weighted by atomic mass is 10.5. The van der Waals surface area contributed by atoms with Crippen molar-refractivity contribution < 1.29 is 0 Å². The molecule has 0 radical (unpaired) electrons. The fraction of sp³-hybridized carbons (Fsp3) is 0.500. The van der Waals surface area contributed by atoms with Crippen LogP contribution in [-0.2, 0) is 0 Å². The van der Waals surface area contributed by atoms with Crippen LogP contribution in [0.2, 0.25) is 0 Å². The Kier molecular flexibility index (Phi) is 2.62. The van der Waals surface area contributed by atoms with Crippen LogP contribution in [0, 0.1) is 0 Å². The second kappa shape index (κ2) is 3.70. The molecule has 0 fully saturated rings. The van der Waals surface area contributed by atoms with Crippen molar-refractivity contribution in [1.29, 1.82) is 0 Å². The van der Waals surface area contributed by atoms with Crippen LogP contribution in [0.5, 0.6) is 0 Å². The normalized spacial score (nSPS) is 9.75. The summed E-state index contributed by atoms with van der Waals surface area (Å²) in [4.78, 5) is 20.3. The fourth-order valence-corrected chi connectivity index (χ4v) is 0.717. The molecule has 66 valence electrons. The highest BCUT2D eigenvalue weighted by molar-refractivity contribution is 5.28. The topological polar surface area (TPSA) is 96.7 Å². The van der Waals surface area contributed by atoms with Gasteiger partial charge in [-0.25, -0.2) is 4.79 Å². The SMILES string of the molecule is CCCNc1nc(N)[nH]c(=O)n1. The number of nitrogens with zero attached hydrogens (tertiary/aromatic N) is 2. The molecular weight excluding hydrogens is 158 g/mol. The summed E-state index contributed by atoms with van der Waals surface area (Å²) in [6.07, 6.45) is 0.941. The maximum absolute atomic E-state index is 10.7. The first-order valence-electron chi connectivity index (χ1n) is 3.70. The summed E-state index contributed by atoms with van der Waals surface area (Å²) in [5.41, 5.74) is 4.80. The van der Waals surface area contributed by atoms with Gasteiger partial charge in [-0.2, -0.15) is 9.97 Å². The second-order valence-corrected chi connectivity index (χ2v) is 2.29. The molecule has 0 atom stereocenters. The largest absolute Gasteiger partial charge is 0.369 e. The second-order valence-electron chi connectivity index (χ2n) is 2.29. The predicted molar refractivity (Wildman–Crippen MR) is 45.8 cm³/mol. The van der Waals surface area contributed by atoms with Crippen LogP contribution in [0.1, 0.15) is 13.3 Å². The van der Waals surface area contributed by atoms with E-state index in [0.29, 0.717) is 0 Å². The summed E-state index contributed by atoms with van der Waals surface area (Å²) in [5.74, 6) is 0.353. The van der Waals surface area contributed by atoms with E-state index in [-0.39, 0.29) is 11.9 Å². The molecule has 0 unspecified atom stereocenters. The van der Waals surface area contributed by atoms with Gasteiger partial charge in [0.05, 0.1) is 0 Å². The molecule has 1 aromatic rings. The van der Waals surface area contributed by atoms with E-state index < -0.39 is 5.69 Å². The Balaban J connectivity index is 2.79. The first-order chi connectivity index (χ1) is 5.72. The number of hydrogen-bond donors (Lipinski definition) is 3. The van der Waals surface area contributed by atoms with Crippen LogP contribution in [-0.4, -0.2) is 21.5 Å². The van der Waals surface area contributed by atoms with Crippen molar-refractivity contribution >= 4 is 11.9 Å². The molecule has 6 heteroatoms. The van der Waals surface area contributed by atoms with Crippen LogP contribution in [0.25, 0.3) is 0 Å². The molecule has 0 aliphatic carbocycles. The van der Waals surface area contributed by atoms with E-state index in [1.807, 2.05) is 6.92 Å². The Morgan fingerprint density at radius 2 is 2.33 bits per heavy atom. The minimum atomic E-state index is -0.485. The molecule has 0 aliphatic heterocycles. The predicted octanol–water partition coefficient (Wildman–Crippen LogP) is -0.431. The Morgan fingerprint density at radius 3 is 2.92 bits per heavy atom. The van der Waals surface area contributed by atoms with Gasteiger partial charge >= 0.3 is 5.69 Å². The van der Waals surface area contributed by atoms with Gasteiger partial charge in [0.25, 0.3) is 0 Å². The molecule has 6 nitrogen and oxygen atoms in total. The highest BCUT2D eigenvalue weighted by Gasteiger charge is 1.96. The molecule has 12 heavy (non-hydrogen) atoms. The molecule has 0 aromatic carbocycles. The first-order valence-corrected chi connectivity index (χ1v) is 3.70. The van der Waals surface area contributed by atoms with Gasteiger partial charge in [-0.1, -0.05) is 6.92 Å². The average molecular weight is 169 g/mol. The molecule has 0 saturated carbocycles. The van der Waals surface area contributed by atoms with Gasteiger partial charge in [-0.05, 0) is 6.42 Å². The number of hydrogen-bond acceptors (Lipinski definition) is 5. The average Bonchev–Trinajstić information content (AvgIpc) is 1.99. The lowest BCUT2D eigenvalue weighted by Crippen LogP contribution is -2.18. The summed E-state index contributed by atoms with van der Waals surface area (Å²) < 4.78 is 0. The van der Waals surface area contributed by atoms with Crippen LogP contribution in [0.3, 0.4) is 0 Å². The zero-order chi connectivity index (χ0) is 8.97. The van der Waals surface area contributed by atoms with Gasteiger partial charge in [0, 0.05) is 6.54 Å². The van der Waals surface area contributed by atoms with Crippen molar-refractivity contribution in [3.05, 3.63) is 10.5 Å². The molecule has 4 N–H and O–H groups in total. The quantitative estimate of drug-likeness (QED) is 0.570. The number of rotatable bonds is 3. The highest BCUT2D eigenvalue weighted by Crippen LogP contribution is 1.94. The van der Waals surface area contributed by atoms with Crippen molar-refractivity contribution in [3.63, 3.8) is 0 Å². The lowest BCUT2D eigenvalue weighted by Gasteiger charge is -2.00. The Hall–Kier alpha value is -1.59. The van der Waals surface area contributed by atoms with Gasteiger partial charge in [0.1, 0.15) is 0 Å². The number of nitrogens with two attached hydrogens (primary N) is 1. The standard InChI is InChI=1S/C6H11N5O/c1-2-3-8-5-9-4(7)10-6(12)11-5/h2-3H2,1H3,(H4,7,8,9,10,11,12). The monoisotopic (exact) mass is 169 g/mol. The van der Waals surface area contributed by atoms with Crippen LogP contribution < -0.4 is 16.7 Å². The molecule has 1 aromatic heterocycles. The number of anilines is 2. The zero-order valence-corrected chi connectivity index (χ0v) is 6.79. The van der Waals surface area contributed by atoms with E-state index in [9.17, 15) is 4.79 Å². The lowest BCUT2D eigenvalue weighted by molar-refractivity contribution is 0.926. The minimum Gasteiger partial charge on any atom is -0.369 e. The summed E-state index contributed by atoms with van der Waals surface area (Å²) in [7, 11) is 0. The summed E-state index contributed by atoms with van der Waals surface area (Å²) >= 11 is 0. The van der Waals surface area contributed by atoms with Crippen molar-refractivity contribution in [2.45, 2.75) is 13.3 Å². The van der Waals surface area contributed by atoms with Crippen LogP contribution >= 0.6 is 0 Å². The summed E-state index contributed by atoms with van der Waals surface area (Å²) in [5, 5.41) is 2.85. The summed E-state index contributed by atoms with van der Waals surface area (Å²) in [6.45, 7) is 2.73. The molecule has 0 spiro atoms. The van der Waals surface area contributed by atoms with Crippen molar-refractivity contribution in [1.82, 2.24) is 15.0 Å². The number of H-pyrrole nitrogens is 1. The van der Waals surface area contributed by atoms with E-state index in [1.165, 1.54) is 0 Å².